The van der Waals surface area contributed by atoms with Gasteiger partial charge >= 0.3 is 0 Å². The molecule has 0 bridgehead atoms. The standard InChI is InChI=1S/C11H19N3OS2/c1-3-9-10(8-12-2)16-11(13-9)14-4-6-17(15)7-5-14/h12H,3-8H2,1-2H3. The molecule has 0 unspecified atom stereocenters. The van der Waals surface area contributed by atoms with Crippen molar-refractivity contribution in [3.63, 3.8) is 0 Å². The molecule has 2 rings (SSSR count). The molecule has 0 atom stereocenters. The van der Waals surface area contributed by atoms with Crippen LogP contribution >= 0.6 is 11.3 Å². The lowest BCUT2D eigenvalue weighted by Crippen LogP contribution is -2.37. The first-order valence-electron chi connectivity index (χ1n) is 5.97. The number of aryl methyl sites for hydroxylation is 1. The van der Waals surface area contributed by atoms with Gasteiger partial charge in [0.2, 0.25) is 0 Å². The lowest BCUT2D eigenvalue weighted by molar-refractivity contribution is 0.673. The van der Waals surface area contributed by atoms with E-state index in [1.807, 2.05) is 7.05 Å². The fourth-order valence-electron chi connectivity index (χ4n) is 1.91. The van der Waals surface area contributed by atoms with E-state index in [0.717, 1.165) is 42.7 Å². The zero-order valence-electron chi connectivity index (χ0n) is 10.4. The van der Waals surface area contributed by atoms with Crippen LogP contribution in [0.5, 0.6) is 0 Å². The molecule has 0 amide bonds. The molecule has 2 heterocycles. The minimum absolute atomic E-state index is 0.616. The van der Waals surface area contributed by atoms with Gasteiger partial charge in [0.05, 0.1) is 5.69 Å². The monoisotopic (exact) mass is 273 g/mol. The quantitative estimate of drug-likeness (QED) is 0.889. The number of hydrogen-bond donors (Lipinski definition) is 1. The summed E-state index contributed by atoms with van der Waals surface area (Å²) in [4.78, 5) is 8.30. The minimum Gasteiger partial charge on any atom is -0.346 e. The van der Waals surface area contributed by atoms with Crippen molar-refractivity contribution >= 4 is 27.3 Å². The Kier molecular flexibility index (Phi) is 4.53. The van der Waals surface area contributed by atoms with Gasteiger partial charge in [-0.15, -0.1) is 11.3 Å². The Morgan fingerprint density at radius 3 is 2.76 bits per heavy atom. The molecule has 0 aromatic carbocycles. The maximum Gasteiger partial charge on any atom is 0.185 e. The van der Waals surface area contributed by atoms with Crippen molar-refractivity contribution in [1.82, 2.24) is 10.3 Å². The van der Waals surface area contributed by atoms with Crippen LogP contribution in [0.15, 0.2) is 0 Å². The van der Waals surface area contributed by atoms with Crippen LogP contribution in [-0.4, -0.2) is 40.8 Å². The maximum atomic E-state index is 11.3. The predicted octanol–water partition coefficient (Wildman–Crippen LogP) is 0.994. The third-order valence-electron chi connectivity index (χ3n) is 2.89. The average molecular weight is 273 g/mol. The molecule has 0 radical (unpaired) electrons. The van der Waals surface area contributed by atoms with Gasteiger partial charge in [-0.05, 0) is 13.5 Å². The molecule has 1 fully saturated rings. The van der Waals surface area contributed by atoms with Gasteiger partial charge < -0.3 is 10.2 Å². The molecular formula is C11H19N3OS2. The Balaban J connectivity index is 2.12. The first-order chi connectivity index (χ1) is 8.24. The summed E-state index contributed by atoms with van der Waals surface area (Å²) in [6, 6.07) is 0. The Morgan fingerprint density at radius 2 is 2.18 bits per heavy atom. The van der Waals surface area contributed by atoms with Crippen LogP contribution in [0.25, 0.3) is 0 Å². The number of aromatic nitrogens is 1. The summed E-state index contributed by atoms with van der Waals surface area (Å²) in [5.74, 6) is 1.56. The topological polar surface area (TPSA) is 45.2 Å². The van der Waals surface area contributed by atoms with Gasteiger partial charge in [0.15, 0.2) is 5.13 Å². The molecule has 1 aliphatic rings. The summed E-state index contributed by atoms with van der Waals surface area (Å²) in [5, 5.41) is 4.29. The second-order valence-electron chi connectivity index (χ2n) is 4.09. The summed E-state index contributed by atoms with van der Waals surface area (Å²) in [7, 11) is 1.35. The van der Waals surface area contributed by atoms with Crippen LogP contribution in [0.3, 0.4) is 0 Å². The van der Waals surface area contributed by atoms with Crippen LogP contribution in [-0.2, 0) is 23.8 Å². The predicted molar refractivity (Wildman–Crippen MR) is 74.3 cm³/mol. The van der Waals surface area contributed by atoms with Crippen LogP contribution in [0.2, 0.25) is 0 Å². The van der Waals surface area contributed by atoms with Crippen LogP contribution in [0.4, 0.5) is 5.13 Å². The zero-order valence-corrected chi connectivity index (χ0v) is 12.0. The summed E-state index contributed by atoms with van der Waals surface area (Å²) in [6.45, 7) is 4.79. The lowest BCUT2D eigenvalue weighted by atomic mass is 10.3. The smallest absolute Gasteiger partial charge is 0.185 e. The molecule has 6 heteroatoms. The van der Waals surface area contributed by atoms with E-state index in [0.29, 0.717) is 0 Å². The first kappa shape index (κ1) is 13.0. The summed E-state index contributed by atoms with van der Waals surface area (Å²) < 4.78 is 11.3. The third kappa shape index (κ3) is 3.05. The molecule has 0 aliphatic carbocycles. The van der Waals surface area contributed by atoms with E-state index in [4.69, 9.17) is 4.98 Å². The van der Waals surface area contributed by atoms with Gasteiger partial charge in [-0.1, -0.05) is 6.92 Å². The molecule has 0 spiro atoms. The molecule has 1 saturated heterocycles. The number of nitrogens with zero attached hydrogens (tertiary/aromatic N) is 2. The normalized spacial score (nSPS) is 17.6. The highest BCUT2D eigenvalue weighted by molar-refractivity contribution is 7.85. The van der Waals surface area contributed by atoms with E-state index in [1.165, 1.54) is 10.6 Å². The summed E-state index contributed by atoms with van der Waals surface area (Å²) in [5.41, 5.74) is 1.20. The highest BCUT2D eigenvalue weighted by atomic mass is 32.2. The SMILES string of the molecule is CCc1nc(N2CCS(=O)CC2)sc1CNC. The number of thiazole rings is 1. The molecular weight excluding hydrogens is 254 g/mol. The van der Waals surface area contributed by atoms with Gasteiger partial charge in [-0.2, -0.15) is 0 Å². The van der Waals surface area contributed by atoms with Crippen LogP contribution < -0.4 is 10.2 Å². The van der Waals surface area contributed by atoms with Gasteiger partial charge in [-0.25, -0.2) is 4.98 Å². The van der Waals surface area contributed by atoms with Crippen molar-refractivity contribution < 1.29 is 4.21 Å². The van der Waals surface area contributed by atoms with E-state index >= 15 is 0 Å². The number of rotatable bonds is 4. The molecule has 0 saturated carbocycles. The van der Waals surface area contributed by atoms with E-state index in [-0.39, 0.29) is 0 Å². The molecule has 1 N–H and O–H groups in total. The van der Waals surface area contributed by atoms with Crippen LogP contribution in [0.1, 0.15) is 17.5 Å². The third-order valence-corrected chi connectivity index (χ3v) is 5.32. The fourth-order valence-corrected chi connectivity index (χ4v) is 4.17. The van der Waals surface area contributed by atoms with Crippen molar-refractivity contribution in [3.05, 3.63) is 10.6 Å². The average Bonchev–Trinajstić information content (AvgIpc) is 2.74. The van der Waals surface area contributed by atoms with E-state index < -0.39 is 10.8 Å². The lowest BCUT2D eigenvalue weighted by Gasteiger charge is -2.25. The van der Waals surface area contributed by atoms with E-state index in [2.05, 4.69) is 17.1 Å². The molecule has 1 aromatic heterocycles. The van der Waals surface area contributed by atoms with Crippen molar-refractivity contribution in [2.75, 3.05) is 36.5 Å². The van der Waals surface area contributed by atoms with Gasteiger partial charge in [-0.3, -0.25) is 4.21 Å². The van der Waals surface area contributed by atoms with Crippen molar-refractivity contribution in [2.24, 2.45) is 0 Å². The number of hydrogen-bond acceptors (Lipinski definition) is 5. The zero-order chi connectivity index (χ0) is 12.3. The van der Waals surface area contributed by atoms with Crippen LogP contribution in [0, 0.1) is 0 Å². The van der Waals surface area contributed by atoms with Gasteiger partial charge in [0, 0.05) is 46.8 Å². The van der Waals surface area contributed by atoms with Crippen molar-refractivity contribution in [2.45, 2.75) is 19.9 Å². The van der Waals surface area contributed by atoms with Crippen molar-refractivity contribution in [3.8, 4) is 0 Å². The summed E-state index contributed by atoms with van der Waals surface area (Å²) in [6.07, 6.45) is 0.979. The van der Waals surface area contributed by atoms with E-state index in [1.54, 1.807) is 11.3 Å². The second kappa shape index (κ2) is 5.93. The molecule has 96 valence electrons. The Labute approximate surface area is 109 Å². The highest BCUT2D eigenvalue weighted by Crippen LogP contribution is 2.27. The van der Waals surface area contributed by atoms with Gasteiger partial charge in [0.1, 0.15) is 0 Å². The minimum atomic E-state index is -0.616. The van der Waals surface area contributed by atoms with Crippen molar-refractivity contribution in [1.29, 1.82) is 0 Å². The molecule has 1 aromatic rings. The fraction of sp³-hybridized carbons (Fsp3) is 0.727. The largest absolute Gasteiger partial charge is 0.346 e. The van der Waals surface area contributed by atoms with Gasteiger partial charge in [0.25, 0.3) is 0 Å². The Morgan fingerprint density at radius 1 is 1.47 bits per heavy atom. The Hall–Kier alpha value is -0.460. The number of anilines is 1. The molecule has 1 aliphatic heterocycles. The number of nitrogens with one attached hydrogen (secondary N) is 1. The first-order valence-corrected chi connectivity index (χ1v) is 8.28. The Bertz CT molecular complexity index is 395. The molecule has 4 nitrogen and oxygen atoms in total. The second-order valence-corrected chi connectivity index (χ2v) is 6.84. The highest BCUT2D eigenvalue weighted by Gasteiger charge is 2.19. The maximum absolute atomic E-state index is 11.3. The molecule has 17 heavy (non-hydrogen) atoms. The summed E-state index contributed by atoms with van der Waals surface area (Å²) >= 11 is 1.77. The van der Waals surface area contributed by atoms with E-state index in [9.17, 15) is 4.21 Å².